The second kappa shape index (κ2) is 16.5. The molecule has 200 valence electrons. The Morgan fingerprint density at radius 3 is 1.91 bits per heavy atom. The topological polar surface area (TPSA) is 258 Å². The van der Waals surface area contributed by atoms with Crippen molar-refractivity contribution in [1.29, 1.82) is 0 Å². The molecule has 15 heteroatoms. The lowest BCUT2D eigenvalue weighted by Gasteiger charge is -2.26. The number of nitrogens with two attached hydrogens (primary N) is 4. The van der Waals surface area contributed by atoms with E-state index in [1.807, 2.05) is 13.8 Å². The third kappa shape index (κ3) is 14.0. The number of thiol groups is 1. The molecule has 14 nitrogen and oxygen atoms in total. The van der Waals surface area contributed by atoms with E-state index in [0.29, 0.717) is 6.42 Å². The van der Waals surface area contributed by atoms with Gasteiger partial charge >= 0.3 is 5.97 Å². The number of carbonyl (C=O) groups excluding carboxylic acids is 4. The predicted octanol–water partition coefficient (Wildman–Crippen LogP) is -2.85. The number of carboxylic acids is 1. The Bertz CT molecular complexity index is 775. The van der Waals surface area contributed by atoms with Crippen LogP contribution in [0.1, 0.15) is 46.0 Å². The van der Waals surface area contributed by atoms with Gasteiger partial charge in [-0.2, -0.15) is 12.6 Å². The number of hydrogen-bond acceptors (Lipinski definition) is 8. The number of nitrogens with one attached hydrogen (secondary N) is 3. The highest BCUT2D eigenvalue weighted by Gasteiger charge is 2.30. The fourth-order valence-corrected chi connectivity index (χ4v) is 3.09. The van der Waals surface area contributed by atoms with Crippen LogP contribution >= 0.6 is 12.6 Å². The molecule has 0 heterocycles. The Kier molecular flexibility index (Phi) is 15.1. The van der Waals surface area contributed by atoms with E-state index >= 15 is 0 Å². The van der Waals surface area contributed by atoms with Crippen LogP contribution in [0.2, 0.25) is 0 Å². The van der Waals surface area contributed by atoms with Gasteiger partial charge < -0.3 is 44.0 Å². The maximum Gasteiger partial charge on any atom is 0.326 e. The molecule has 12 N–H and O–H groups in total. The first-order chi connectivity index (χ1) is 16.3. The Hall–Kier alpha value is -3.07. The normalized spacial score (nSPS) is 14.2. The minimum atomic E-state index is -1.26. The van der Waals surface area contributed by atoms with Crippen LogP contribution in [0.4, 0.5) is 0 Å². The Morgan fingerprint density at radius 2 is 1.43 bits per heavy atom. The van der Waals surface area contributed by atoms with Gasteiger partial charge in [0.15, 0.2) is 5.96 Å². The Labute approximate surface area is 209 Å². The number of carbonyl (C=O) groups is 5. The van der Waals surface area contributed by atoms with Crippen LogP contribution in [0.5, 0.6) is 0 Å². The lowest BCUT2D eigenvalue weighted by Crippen LogP contribution is -2.57. The molecule has 0 saturated heterocycles. The molecule has 0 bridgehead atoms. The van der Waals surface area contributed by atoms with E-state index in [2.05, 4.69) is 33.6 Å². The van der Waals surface area contributed by atoms with Crippen molar-refractivity contribution in [2.75, 3.05) is 12.3 Å². The van der Waals surface area contributed by atoms with E-state index < -0.39 is 53.8 Å². The zero-order valence-electron chi connectivity index (χ0n) is 20.0. The summed E-state index contributed by atoms with van der Waals surface area (Å²) >= 11 is 3.94. The molecule has 0 aromatic rings. The lowest BCUT2D eigenvalue weighted by atomic mass is 10.0. The summed E-state index contributed by atoms with van der Waals surface area (Å²) in [7, 11) is 0. The standard InChI is InChI=1S/C20H38N8O6S/c1-10(2)8-14(18(32)27-13(19(33)34)4-3-7-25-20(23)24)28-17(31)12(5-6-15(22)29)26-16(30)11(21)9-35/h10-14,35H,3-9,21H2,1-2H3,(H2,22,29)(H,26,30)(H,27,32)(H,28,31)(H,33,34)(H4,23,24,25). The molecule has 0 saturated carbocycles. The zero-order chi connectivity index (χ0) is 27.1. The summed E-state index contributed by atoms with van der Waals surface area (Å²) in [6.45, 7) is 3.81. The van der Waals surface area contributed by atoms with Crippen LogP contribution in [0.25, 0.3) is 0 Å². The van der Waals surface area contributed by atoms with Gasteiger partial charge in [-0.15, -0.1) is 0 Å². The summed E-state index contributed by atoms with van der Waals surface area (Å²) in [4.78, 5) is 64.6. The number of aliphatic carboxylic acids is 1. The summed E-state index contributed by atoms with van der Waals surface area (Å²) in [6, 6.07) is -4.53. The highest BCUT2D eigenvalue weighted by molar-refractivity contribution is 7.80. The summed E-state index contributed by atoms with van der Waals surface area (Å²) in [6.07, 6.45) is 0.212. The summed E-state index contributed by atoms with van der Waals surface area (Å²) in [5.74, 6) is -4.22. The van der Waals surface area contributed by atoms with Gasteiger partial charge in [-0.1, -0.05) is 13.8 Å². The first kappa shape index (κ1) is 31.9. The Balaban J connectivity index is 5.47. The van der Waals surface area contributed by atoms with Crippen molar-refractivity contribution in [1.82, 2.24) is 16.0 Å². The smallest absolute Gasteiger partial charge is 0.326 e. The zero-order valence-corrected chi connectivity index (χ0v) is 20.9. The van der Waals surface area contributed by atoms with E-state index in [4.69, 9.17) is 22.9 Å². The van der Waals surface area contributed by atoms with Crippen molar-refractivity contribution in [2.24, 2.45) is 33.8 Å². The third-order valence-electron chi connectivity index (χ3n) is 4.75. The molecule has 0 rings (SSSR count). The molecular weight excluding hydrogens is 480 g/mol. The molecule has 0 aromatic heterocycles. The van der Waals surface area contributed by atoms with Crippen LogP contribution < -0.4 is 38.9 Å². The van der Waals surface area contributed by atoms with Gasteiger partial charge in [-0.3, -0.25) is 24.2 Å². The van der Waals surface area contributed by atoms with Gasteiger partial charge in [0.1, 0.15) is 18.1 Å². The first-order valence-electron chi connectivity index (χ1n) is 11.1. The number of hydrogen-bond donors (Lipinski definition) is 9. The number of primary amides is 1. The average Bonchev–Trinajstić information content (AvgIpc) is 2.76. The maximum absolute atomic E-state index is 12.9. The third-order valence-corrected chi connectivity index (χ3v) is 5.14. The predicted molar refractivity (Wildman–Crippen MR) is 133 cm³/mol. The van der Waals surface area contributed by atoms with E-state index in [1.54, 1.807) is 0 Å². The molecule has 4 atom stereocenters. The molecule has 0 radical (unpaired) electrons. The van der Waals surface area contributed by atoms with Gasteiger partial charge in [-0.25, -0.2) is 4.79 Å². The fraction of sp³-hybridized carbons (Fsp3) is 0.700. The van der Waals surface area contributed by atoms with E-state index in [-0.39, 0.29) is 49.9 Å². The van der Waals surface area contributed by atoms with Crippen molar-refractivity contribution in [3.05, 3.63) is 0 Å². The van der Waals surface area contributed by atoms with Crippen molar-refractivity contribution in [2.45, 2.75) is 70.1 Å². The monoisotopic (exact) mass is 518 g/mol. The molecule has 0 aliphatic carbocycles. The number of amides is 4. The number of guanidine groups is 1. The maximum atomic E-state index is 12.9. The van der Waals surface area contributed by atoms with E-state index in [0.717, 1.165) is 0 Å². The lowest BCUT2D eigenvalue weighted by molar-refractivity contribution is -0.142. The average molecular weight is 519 g/mol. The van der Waals surface area contributed by atoms with Gasteiger partial charge in [0.2, 0.25) is 23.6 Å². The molecule has 0 spiro atoms. The van der Waals surface area contributed by atoms with Crippen LogP contribution in [0.15, 0.2) is 4.99 Å². The number of rotatable bonds is 17. The van der Waals surface area contributed by atoms with Crippen molar-refractivity contribution >= 4 is 48.2 Å². The van der Waals surface area contributed by atoms with Gasteiger partial charge in [-0.05, 0) is 31.6 Å². The van der Waals surface area contributed by atoms with Crippen LogP contribution in [0.3, 0.4) is 0 Å². The SMILES string of the molecule is CC(C)CC(NC(=O)C(CCC(N)=O)NC(=O)C(N)CS)C(=O)NC(CCCN=C(N)N)C(=O)O. The van der Waals surface area contributed by atoms with Gasteiger partial charge in [0.05, 0.1) is 6.04 Å². The molecular formula is C20H38N8O6S. The van der Waals surface area contributed by atoms with Crippen molar-refractivity contribution < 1.29 is 29.1 Å². The molecule has 4 unspecified atom stereocenters. The molecule has 0 aliphatic rings. The van der Waals surface area contributed by atoms with Crippen LogP contribution in [0, 0.1) is 5.92 Å². The van der Waals surface area contributed by atoms with Crippen LogP contribution in [-0.4, -0.2) is 77.1 Å². The summed E-state index contributed by atoms with van der Waals surface area (Å²) in [5, 5.41) is 16.8. The number of aliphatic imine (C=N–C) groups is 1. The Morgan fingerprint density at radius 1 is 0.886 bits per heavy atom. The van der Waals surface area contributed by atoms with E-state index in [1.165, 1.54) is 0 Å². The number of carboxylic acid groups (broad SMARTS) is 1. The van der Waals surface area contributed by atoms with Crippen LogP contribution in [-0.2, 0) is 24.0 Å². The summed E-state index contributed by atoms with van der Waals surface area (Å²) < 4.78 is 0. The van der Waals surface area contributed by atoms with E-state index in [9.17, 15) is 29.1 Å². The molecule has 0 fully saturated rings. The molecule has 0 aliphatic heterocycles. The number of nitrogens with zero attached hydrogens (tertiary/aromatic N) is 1. The molecule has 0 aromatic carbocycles. The highest BCUT2D eigenvalue weighted by Crippen LogP contribution is 2.09. The quantitative estimate of drug-likeness (QED) is 0.0414. The van der Waals surface area contributed by atoms with Gasteiger partial charge in [0, 0.05) is 18.7 Å². The van der Waals surface area contributed by atoms with Gasteiger partial charge in [0.25, 0.3) is 0 Å². The molecule has 4 amide bonds. The second-order valence-electron chi connectivity index (χ2n) is 8.39. The first-order valence-corrected chi connectivity index (χ1v) is 11.8. The largest absolute Gasteiger partial charge is 0.480 e. The summed E-state index contributed by atoms with van der Waals surface area (Å²) in [5.41, 5.74) is 21.3. The minimum absolute atomic E-state index is 0.0220. The minimum Gasteiger partial charge on any atom is -0.480 e. The fourth-order valence-electron chi connectivity index (χ4n) is 2.93. The van der Waals surface area contributed by atoms with Crippen molar-refractivity contribution in [3.8, 4) is 0 Å². The van der Waals surface area contributed by atoms with Crippen molar-refractivity contribution in [3.63, 3.8) is 0 Å². The second-order valence-corrected chi connectivity index (χ2v) is 8.76. The highest BCUT2D eigenvalue weighted by atomic mass is 32.1. The molecule has 35 heavy (non-hydrogen) atoms.